The van der Waals surface area contributed by atoms with Gasteiger partial charge in [0.1, 0.15) is 5.82 Å². The average molecular weight is 175 g/mol. The van der Waals surface area contributed by atoms with Gasteiger partial charge in [0, 0.05) is 6.20 Å². The maximum atomic E-state index is 8.74. The second-order valence-corrected chi connectivity index (χ2v) is 2.37. The van der Waals surface area contributed by atoms with Gasteiger partial charge in [0.25, 0.3) is 0 Å². The second kappa shape index (κ2) is 3.04. The first-order valence-electron chi connectivity index (χ1n) is 2.89. The summed E-state index contributed by atoms with van der Waals surface area (Å²) in [6, 6.07) is 1.44. The van der Waals surface area contributed by atoms with E-state index < -0.39 is 6.29 Å². The van der Waals surface area contributed by atoms with E-state index in [0.717, 1.165) is 0 Å². The fourth-order valence-electron chi connectivity index (χ4n) is 0.720. The van der Waals surface area contributed by atoms with Crippen molar-refractivity contribution in [2.24, 2.45) is 0 Å². The van der Waals surface area contributed by atoms with Gasteiger partial charge in [0.15, 0.2) is 6.29 Å². The highest BCUT2D eigenvalue weighted by Crippen LogP contribution is 2.24. The summed E-state index contributed by atoms with van der Waals surface area (Å²) in [4.78, 5) is 3.63. The van der Waals surface area contributed by atoms with Gasteiger partial charge in [0.05, 0.1) is 10.6 Å². The highest BCUT2D eigenvalue weighted by molar-refractivity contribution is 6.31. The monoisotopic (exact) mass is 174 g/mol. The Balaban J connectivity index is 3.21. The minimum Gasteiger partial charge on any atom is -0.383 e. The third-order valence-corrected chi connectivity index (χ3v) is 1.56. The maximum absolute atomic E-state index is 8.74. The van der Waals surface area contributed by atoms with Crippen molar-refractivity contribution in [2.75, 3.05) is 5.73 Å². The number of nitrogens with two attached hydrogens (primary N) is 1. The number of nitrogen functional groups attached to an aromatic ring is 1. The predicted octanol–water partition coefficient (Wildman–Crippen LogP) is 0.300. The molecule has 0 fully saturated rings. The van der Waals surface area contributed by atoms with Crippen molar-refractivity contribution in [3.8, 4) is 0 Å². The van der Waals surface area contributed by atoms with Crippen LogP contribution >= 0.6 is 11.6 Å². The van der Waals surface area contributed by atoms with Gasteiger partial charge >= 0.3 is 0 Å². The summed E-state index contributed by atoms with van der Waals surface area (Å²) in [7, 11) is 0. The van der Waals surface area contributed by atoms with E-state index in [9.17, 15) is 0 Å². The van der Waals surface area contributed by atoms with E-state index in [0.29, 0.717) is 0 Å². The van der Waals surface area contributed by atoms with Gasteiger partial charge < -0.3 is 15.9 Å². The Kier molecular flexibility index (Phi) is 2.28. The molecular weight excluding hydrogens is 168 g/mol. The summed E-state index contributed by atoms with van der Waals surface area (Å²) in [5.74, 6) is 0.0347. The van der Waals surface area contributed by atoms with Gasteiger partial charge in [-0.3, -0.25) is 0 Å². The van der Waals surface area contributed by atoms with Gasteiger partial charge in [-0.15, -0.1) is 0 Å². The molecule has 0 saturated heterocycles. The zero-order valence-corrected chi connectivity index (χ0v) is 6.28. The molecule has 1 aromatic heterocycles. The van der Waals surface area contributed by atoms with Crippen LogP contribution in [0.4, 0.5) is 5.82 Å². The lowest BCUT2D eigenvalue weighted by Gasteiger charge is -2.07. The molecule has 1 aromatic rings. The second-order valence-electron chi connectivity index (χ2n) is 1.97. The molecule has 0 saturated carbocycles. The lowest BCUT2D eigenvalue weighted by atomic mass is 10.2. The highest BCUT2D eigenvalue weighted by Gasteiger charge is 2.11. The Labute approximate surface area is 68.2 Å². The number of anilines is 1. The van der Waals surface area contributed by atoms with Crippen molar-refractivity contribution >= 4 is 17.4 Å². The van der Waals surface area contributed by atoms with Gasteiger partial charge in [-0.1, -0.05) is 11.6 Å². The Morgan fingerprint density at radius 2 is 2.18 bits per heavy atom. The Morgan fingerprint density at radius 3 is 2.55 bits per heavy atom. The van der Waals surface area contributed by atoms with Crippen LogP contribution in [0.5, 0.6) is 0 Å². The minimum atomic E-state index is -1.67. The molecule has 0 radical (unpaired) electrons. The number of pyridine rings is 1. The predicted molar refractivity (Wildman–Crippen MR) is 40.8 cm³/mol. The number of hydrogen-bond acceptors (Lipinski definition) is 4. The molecule has 1 heterocycles. The minimum absolute atomic E-state index is 0.0347. The summed E-state index contributed by atoms with van der Waals surface area (Å²) in [6.07, 6.45) is -0.278. The van der Waals surface area contributed by atoms with Crippen LogP contribution in [-0.4, -0.2) is 15.2 Å². The molecule has 0 aromatic carbocycles. The first-order chi connectivity index (χ1) is 5.13. The summed E-state index contributed by atoms with van der Waals surface area (Å²) < 4.78 is 0. The van der Waals surface area contributed by atoms with Gasteiger partial charge in [-0.05, 0) is 6.07 Å². The standard InChI is InChI=1S/C6H7ClN2O2/c7-3-1-2-9-5(8)4(3)6(10)11/h1-2,6,10-11H,(H2,8,9). The molecule has 4 N–H and O–H groups in total. The van der Waals surface area contributed by atoms with Gasteiger partial charge in [-0.25, -0.2) is 4.98 Å². The molecule has 0 aliphatic heterocycles. The van der Waals surface area contributed by atoms with Crippen LogP contribution in [0.2, 0.25) is 5.02 Å². The molecule has 0 spiro atoms. The molecule has 0 bridgehead atoms. The molecule has 0 aliphatic rings. The molecular formula is C6H7ClN2O2. The summed E-state index contributed by atoms with van der Waals surface area (Å²) >= 11 is 5.58. The van der Waals surface area contributed by atoms with E-state index in [2.05, 4.69) is 4.98 Å². The Hall–Kier alpha value is -0.840. The number of aliphatic hydroxyl groups excluding tert-OH is 1. The first-order valence-corrected chi connectivity index (χ1v) is 3.26. The van der Waals surface area contributed by atoms with Gasteiger partial charge in [-0.2, -0.15) is 0 Å². The van der Waals surface area contributed by atoms with Crippen molar-refractivity contribution < 1.29 is 10.2 Å². The molecule has 60 valence electrons. The molecule has 0 aliphatic carbocycles. The SMILES string of the molecule is Nc1nccc(Cl)c1C(O)O. The fraction of sp³-hybridized carbons (Fsp3) is 0.167. The molecule has 11 heavy (non-hydrogen) atoms. The van der Waals surface area contributed by atoms with E-state index in [4.69, 9.17) is 27.5 Å². The van der Waals surface area contributed by atoms with Crippen LogP contribution < -0.4 is 5.73 Å². The van der Waals surface area contributed by atoms with Crippen molar-refractivity contribution in [3.63, 3.8) is 0 Å². The largest absolute Gasteiger partial charge is 0.383 e. The Bertz CT molecular complexity index is 245. The number of hydrogen-bond donors (Lipinski definition) is 3. The third-order valence-electron chi connectivity index (χ3n) is 1.23. The van der Waals surface area contributed by atoms with Gasteiger partial charge in [0.2, 0.25) is 0 Å². The van der Waals surface area contributed by atoms with Crippen molar-refractivity contribution in [1.29, 1.82) is 0 Å². The number of nitrogens with zero attached hydrogens (tertiary/aromatic N) is 1. The van der Waals surface area contributed by atoms with E-state index in [1.165, 1.54) is 12.3 Å². The van der Waals surface area contributed by atoms with Crippen LogP contribution in [0.1, 0.15) is 11.9 Å². The molecule has 1 rings (SSSR count). The van der Waals surface area contributed by atoms with Crippen LogP contribution in [0.15, 0.2) is 12.3 Å². The van der Waals surface area contributed by atoms with Crippen molar-refractivity contribution in [2.45, 2.75) is 6.29 Å². The third kappa shape index (κ3) is 1.59. The number of aromatic nitrogens is 1. The number of rotatable bonds is 1. The zero-order valence-electron chi connectivity index (χ0n) is 5.53. The lowest BCUT2D eigenvalue weighted by Crippen LogP contribution is -2.03. The zero-order chi connectivity index (χ0) is 8.43. The summed E-state index contributed by atoms with van der Waals surface area (Å²) in [6.45, 7) is 0. The molecule has 0 unspecified atom stereocenters. The van der Waals surface area contributed by atoms with Crippen molar-refractivity contribution in [1.82, 2.24) is 4.98 Å². The van der Waals surface area contributed by atoms with E-state index >= 15 is 0 Å². The van der Waals surface area contributed by atoms with Crippen LogP contribution in [0.3, 0.4) is 0 Å². The van der Waals surface area contributed by atoms with E-state index in [1.807, 2.05) is 0 Å². The summed E-state index contributed by atoms with van der Waals surface area (Å²) in [5, 5.41) is 17.7. The van der Waals surface area contributed by atoms with E-state index in [1.54, 1.807) is 0 Å². The first kappa shape index (κ1) is 8.26. The molecule has 4 nitrogen and oxygen atoms in total. The highest BCUT2D eigenvalue weighted by atomic mass is 35.5. The normalized spacial score (nSPS) is 10.5. The molecule has 5 heteroatoms. The number of aliphatic hydroxyl groups is 2. The Morgan fingerprint density at radius 1 is 1.55 bits per heavy atom. The lowest BCUT2D eigenvalue weighted by molar-refractivity contribution is -0.0419. The van der Waals surface area contributed by atoms with Crippen LogP contribution in [0.25, 0.3) is 0 Å². The average Bonchev–Trinajstić information content (AvgIpc) is 1.85. The van der Waals surface area contributed by atoms with E-state index in [-0.39, 0.29) is 16.4 Å². The molecule has 0 atom stereocenters. The quantitative estimate of drug-likeness (QED) is 0.535. The summed E-state index contributed by atoms with van der Waals surface area (Å²) in [5.41, 5.74) is 5.36. The van der Waals surface area contributed by atoms with Crippen molar-refractivity contribution in [3.05, 3.63) is 22.8 Å². The van der Waals surface area contributed by atoms with Crippen LogP contribution in [0, 0.1) is 0 Å². The molecule has 0 amide bonds. The topological polar surface area (TPSA) is 79.4 Å². The fourth-order valence-corrected chi connectivity index (χ4v) is 0.971. The number of halogens is 1. The maximum Gasteiger partial charge on any atom is 0.183 e. The van der Waals surface area contributed by atoms with Crippen LogP contribution in [-0.2, 0) is 0 Å². The smallest absolute Gasteiger partial charge is 0.183 e.